The molecule has 0 amide bonds. The largest absolute Gasteiger partial charge is 1.00 e. The molecule has 4 rings (SSSR count). The minimum Gasteiger partial charge on any atom is -1.00 e. The van der Waals surface area contributed by atoms with Gasteiger partial charge in [0.25, 0.3) is 0 Å². The first kappa shape index (κ1) is 13.8. The van der Waals surface area contributed by atoms with Crippen molar-refractivity contribution in [2.24, 2.45) is 0 Å². The van der Waals surface area contributed by atoms with Crippen LogP contribution in [0.4, 0.5) is 0 Å². The van der Waals surface area contributed by atoms with Crippen molar-refractivity contribution in [3.05, 3.63) is 59.7 Å². The standard InChI is InChI=1S/C18H16.K.H/c1-3-7-15-13(5-1)9-11-18-16-8-4-2-6-14(16)10-12-17(15)18;;/h1,3,5,7,9-12H,2,4,6,8H2;;/q;+1;-1. The van der Waals surface area contributed by atoms with Gasteiger partial charge in [0.05, 0.1) is 0 Å². The van der Waals surface area contributed by atoms with Gasteiger partial charge < -0.3 is 1.43 Å². The fourth-order valence-electron chi connectivity index (χ4n) is 3.34. The smallest absolute Gasteiger partial charge is 1.00 e. The third-order valence-corrected chi connectivity index (χ3v) is 4.26. The molecule has 0 spiro atoms. The molecule has 0 unspecified atom stereocenters. The van der Waals surface area contributed by atoms with E-state index in [0.717, 1.165) is 0 Å². The minimum absolute atomic E-state index is 0. The van der Waals surface area contributed by atoms with Gasteiger partial charge >= 0.3 is 51.4 Å². The summed E-state index contributed by atoms with van der Waals surface area (Å²) in [7, 11) is 0. The van der Waals surface area contributed by atoms with Gasteiger partial charge in [0.1, 0.15) is 0 Å². The molecule has 3 aromatic carbocycles. The van der Waals surface area contributed by atoms with Crippen LogP contribution in [-0.2, 0) is 12.8 Å². The number of hydrogen-bond donors (Lipinski definition) is 0. The number of fused-ring (bicyclic) bond motifs is 5. The van der Waals surface area contributed by atoms with Crippen LogP contribution in [0.5, 0.6) is 0 Å². The maximum Gasteiger partial charge on any atom is 1.00 e. The molecule has 0 bridgehead atoms. The molecule has 1 heteroatoms. The summed E-state index contributed by atoms with van der Waals surface area (Å²) in [5.74, 6) is 0. The first-order valence-electron chi connectivity index (χ1n) is 6.86. The van der Waals surface area contributed by atoms with Crippen LogP contribution in [0.25, 0.3) is 21.5 Å². The average Bonchev–Trinajstić information content (AvgIpc) is 2.46. The van der Waals surface area contributed by atoms with Gasteiger partial charge in [-0.05, 0) is 58.4 Å². The molecule has 3 aromatic rings. The van der Waals surface area contributed by atoms with Gasteiger partial charge in [0.2, 0.25) is 0 Å². The second-order valence-electron chi connectivity index (χ2n) is 5.29. The summed E-state index contributed by atoms with van der Waals surface area (Å²) in [6.45, 7) is 0. The van der Waals surface area contributed by atoms with Crippen LogP contribution in [0, 0.1) is 0 Å². The van der Waals surface area contributed by atoms with Crippen LogP contribution in [0.15, 0.2) is 48.5 Å². The molecule has 0 saturated heterocycles. The monoisotopic (exact) mass is 272 g/mol. The normalized spacial score (nSPS) is 14.1. The molecule has 19 heavy (non-hydrogen) atoms. The quantitative estimate of drug-likeness (QED) is 0.434. The van der Waals surface area contributed by atoms with Gasteiger partial charge in [-0.1, -0.05) is 48.5 Å². The summed E-state index contributed by atoms with van der Waals surface area (Å²) >= 11 is 0. The maximum absolute atomic E-state index is 2.35. The van der Waals surface area contributed by atoms with Crippen LogP contribution in [0.2, 0.25) is 0 Å². The molecule has 0 heterocycles. The predicted molar refractivity (Wildman–Crippen MR) is 79.2 cm³/mol. The Kier molecular flexibility index (Phi) is 4.11. The van der Waals surface area contributed by atoms with E-state index in [9.17, 15) is 0 Å². The fraction of sp³-hybridized carbons (Fsp3) is 0.222. The van der Waals surface area contributed by atoms with Gasteiger partial charge in [-0.3, -0.25) is 0 Å². The molecule has 0 atom stereocenters. The summed E-state index contributed by atoms with van der Waals surface area (Å²) < 4.78 is 0. The summed E-state index contributed by atoms with van der Waals surface area (Å²) in [6.07, 6.45) is 5.22. The van der Waals surface area contributed by atoms with E-state index in [2.05, 4.69) is 48.5 Å². The SMILES string of the molecule is [H-].[K+].c1ccc2c(c1)ccc1c3c(ccc12)CCCC3. The Morgan fingerprint density at radius 1 is 0.684 bits per heavy atom. The molecule has 1 aliphatic rings. The molecule has 1 aliphatic carbocycles. The van der Waals surface area contributed by atoms with E-state index < -0.39 is 0 Å². The van der Waals surface area contributed by atoms with Crippen molar-refractivity contribution in [3.63, 3.8) is 0 Å². The summed E-state index contributed by atoms with van der Waals surface area (Å²) in [5, 5.41) is 5.64. The number of hydrogen-bond acceptors (Lipinski definition) is 0. The van der Waals surface area contributed by atoms with Crippen molar-refractivity contribution >= 4 is 21.5 Å². The second kappa shape index (κ2) is 5.67. The van der Waals surface area contributed by atoms with Gasteiger partial charge in [-0.15, -0.1) is 0 Å². The number of benzene rings is 3. The van der Waals surface area contributed by atoms with Gasteiger partial charge in [0, 0.05) is 0 Å². The molecule has 0 N–H and O–H groups in total. The summed E-state index contributed by atoms with van der Waals surface area (Å²) in [4.78, 5) is 0. The summed E-state index contributed by atoms with van der Waals surface area (Å²) in [5.41, 5.74) is 3.17. The topological polar surface area (TPSA) is 0 Å². The molecule has 0 fully saturated rings. The Morgan fingerprint density at radius 2 is 1.47 bits per heavy atom. The molecule has 0 nitrogen and oxygen atoms in total. The Bertz CT molecular complexity index is 749. The molecular weight excluding hydrogens is 255 g/mol. The first-order chi connectivity index (χ1) is 8.93. The van der Waals surface area contributed by atoms with E-state index >= 15 is 0 Å². The Balaban J connectivity index is 0.000000735. The van der Waals surface area contributed by atoms with Gasteiger partial charge in [-0.2, -0.15) is 0 Å². The van der Waals surface area contributed by atoms with Gasteiger partial charge in [-0.25, -0.2) is 0 Å². The van der Waals surface area contributed by atoms with Crippen LogP contribution >= 0.6 is 0 Å². The van der Waals surface area contributed by atoms with Crippen LogP contribution in [0.3, 0.4) is 0 Å². The fourth-order valence-corrected chi connectivity index (χ4v) is 3.34. The molecule has 90 valence electrons. The Labute approximate surface area is 158 Å². The third kappa shape index (κ3) is 2.32. The van der Waals surface area contributed by atoms with E-state index in [1.807, 2.05) is 0 Å². The molecule has 0 aliphatic heterocycles. The van der Waals surface area contributed by atoms with E-state index in [4.69, 9.17) is 0 Å². The Morgan fingerprint density at radius 3 is 2.42 bits per heavy atom. The van der Waals surface area contributed by atoms with Crippen LogP contribution < -0.4 is 51.4 Å². The van der Waals surface area contributed by atoms with Crippen molar-refractivity contribution in [3.8, 4) is 0 Å². The van der Waals surface area contributed by atoms with Crippen molar-refractivity contribution in [2.45, 2.75) is 25.7 Å². The van der Waals surface area contributed by atoms with Crippen molar-refractivity contribution in [1.82, 2.24) is 0 Å². The predicted octanol–water partition coefficient (Wildman–Crippen LogP) is 1.99. The third-order valence-electron chi connectivity index (χ3n) is 4.26. The van der Waals surface area contributed by atoms with Crippen LogP contribution in [-0.4, -0.2) is 0 Å². The van der Waals surface area contributed by atoms with E-state index in [0.29, 0.717) is 0 Å². The van der Waals surface area contributed by atoms with Crippen molar-refractivity contribution in [2.75, 3.05) is 0 Å². The van der Waals surface area contributed by atoms with E-state index in [1.54, 1.807) is 11.1 Å². The zero-order valence-corrected chi connectivity index (χ0v) is 14.6. The molecule has 0 aromatic heterocycles. The zero-order chi connectivity index (χ0) is 11.9. The zero-order valence-electron chi connectivity index (χ0n) is 12.4. The first-order valence-corrected chi connectivity index (χ1v) is 6.86. The van der Waals surface area contributed by atoms with Crippen molar-refractivity contribution in [1.29, 1.82) is 0 Å². The second-order valence-corrected chi connectivity index (χ2v) is 5.29. The number of aryl methyl sites for hydroxylation is 2. The molecule has 0 saturated carbocycles. The van der Waals surface area contributed by atoms with E-state index in [-0.39, 0.29) is 52.8 Å². The number of rotatable bonds is 0. The maximum atomic E-state index is 2.35. The molecular formula is C18H17K. The van der Waals surface area contributed by atoms with Crippen molar-refractivity contribution < 1.29 is 52.8 Å². The van der Waals surface area contributed by atoms with Crippen LogP contribution in [0.1, 0.15) is 25.4 Å². The van der Waals surface area contributed by atoms with Gasteiger partial charge in [0.15, 0.2) is 0 Å². The molecule has 0 radical (unpaired) electrons. The van der Waals surface area contributed by atoms with E-state index in [1.165, 1.54) is 47.2 Å². The average molecular weight is 272 g/mol. The summed E-state index contributed by atoms with van der Waals surface area (Å²) in [6, 6.07) is 18.0. The minimum atomic E-state index is 0. The Hall–Kier alpha value is -0.184.